The van der Waals surface area contributed by atoms with E-state index < -0.39 is 0 Å². The molecule has 9 heteroatoms. The smallest absolute Gasteiger partial charge is 0.229 e. The summed E-state index contributed by atoms with van der Waals surface area (Å²) in [7, 11) is 6.02. The highest BCUT2D eigenvalue weighted by molar-refractivity contribution is 5.43. The van der Waals surface area contributed by atoms with Gasteiger partial charge in [0.25, 0.3) is 0 Å². The summed E-state index contributed by atoms with van der Waals surface area (Å²) in [4.78, 5) is 18.5. The van der Waals surface area contributed by atoms with Gasteiger partial charge < -0.3 is 30.5 Å². The first-order valence-corrected chi connectivity index (χ1v) is 10.0. The number of likely N-dealkylation sites (tertiary alicyclic amines) is 2. The second-order valence-corrected chi connectivity index (χ2v) is 7.67. The minimum Gasteiger partial charge on any atom is -0.383 e. The van der Waals surface area contributed by atoms with Gasteiger partial charge in [-0.05, 0) is 66.0 Å². The first kappa shape index (κ1) is 20.0. The van der Waals surface area contributed by atoms with Crippen molar-refractivity contribution < 1.29 is 4.74 Å². The predicted octanol–water partition coefficient (Wildman–Crippen LogP) is 0.942. The maximum Gasteiger partial charge on any atom is 0.229 e. The van der Waals surface area contributed by atoms with Gasteiger partial charge in [-0.25, -0.2) is 0 Å². The number of anilines is 3. The fraction of sp³-hybridized carbons (Fsp3) is 0.833. The van der Waals surface area contributed by atoms with Crippen LogP contribution in [-0.4, -0.2) is 97.4 Å². The fourth-order valence-electron chi connectivity index (χ4n) is 3.52. The summed E-state index contributed by atoms with van der Waals surface area (Å²) in [6.45, 7) is 5.68. The van der Waals surface area contributed by atoms with Gasteiger partial charge in [0.1, 0.15) is 0 Å². The number of nitrogens with zero attached hydrogens (tertiary/aromatic N) is 5. The highest BCUT2D eigenvalue weighted by Gasteiger charge is 2.20. The molecule has 1 aromatic rings. The Bertz CT molecular complexity index is 528. The van der Waals surface area contributed by atoms with Crippen LogP contribution in [0.4, 0.5) is 17.8 Å². The Morgan fingerprint density at radius 1 is 0.815 bits per heavy atom. The van der Waals surface area contributed by atoms with Gasteiger partial charge in [-0.15, -0.1) is 0 Å². The molecule has 3 N–H and O–H groups in total. The van der Waals surface area contributed by atoms with E-state index in [1.54, 1.807) is 7.11 Å². The van der Waals surface area contributed by atoms with Crippen molar-refractivity contribution in [2.75, 3.05) is 76.5 Å². The van der Waals surface area contributed by atoms with E-state index in [0.717, 1.165) is 51.9 Å². The lowest BCUT2D eigenvalue weighted by Crippen LogP contribution is -2.38. The first-order chi connectivity index (χ1) is 13.1. The number of rotatable bonds is 8. The van der Waals surface area contributed by atoms with Crippen molar-refractivity contribution in [3.05, 3.63) is 0 Å². The third kappa shape index (κ3) is 6.44. The van der Waals surface area contributed by atoms with Crippen molar-refractivity contribution in [2.24, 2.45) is 0 Å². The Balaban J connectivity index is 1.66. The van der Waals surface area contributed by atoms with Gasteiger partial charge in [-0.2, -0.15) is 15.0 Å². The molecule has 9 nitrogen and oxygen atoms in total. The topological polar surface area (TPSA) is 90.5 Å². The molecule has 2 fully saturated rings. The zero-order valence-electron chi connectivity index (χ0n) is 16.9. The van der Waals surface area contributed by atoms with Crippen molar-refractivity contribution in [3.63, 3.8) is 0 Å². The van der Waals surface area contributed by atoms with Crippen molar-refractivity contribution in [3.8, 4) is 0 Å². The first-order valence-electron chi connectivity index (χ1n) is 10.0. The van der Waals surface area contributed by atoms with Crippen LogP contribution in [0.2, 0.25) is 0 Å². The largest absolute Gasteiger partial charge is 0.383 e. The minimum absolute atomic E-state index is 0.409. The number of hydrogen-bond acceptors (Lipinski definition) is 9. The highest BCUT2D eigenvalue weighted by Crippen LogP contribution is 2.18. The van der Waals surface area contributed by atoms with Crippen LogP contribution in [0.1, 0.15) is 25.7 Å². The number of nitrogens with one attached hydrogen (secondary N) is 3. The predicted molar refractivity (Wildman–Crippen MR) is 108 cm³/mol. The van der Waals surface area contributed by atoms with Crippen LogP contribution in [0.5, 0.6) is 0 Å². The van der Waals surface area contributed by atoms with Gasteiger partial charge in [0.05, 0.1) is 6.61 Å². The van der Waals surface area contributed by atoms with Crippen LogP contribution in [-0.2, 0) is 4.74 Å². The quantitative estimate of drug-likeness (QED) is 0.572. The molecule has 1 aromatic heterocycles. The van der Waals surface area contributed by atoms with Gasteiger partial charge in [0.2, 0.25) is 17.8 Å². The summed E-state index contributed by atoms with van der Waals surface area (Å²) in [5.74, 6) is 1.89. The van der Waals surface area contributed by atoms with Crippen molar-refractivity contribution in [1.29, 1.82) is 0 Å². The number of piperidine rings is 2. The minimum atomic E-state index is 0.409. The van der Waals surface area contributed by atoms with E-state index in [1.807, 2.05) is 0 Å². The van der Waals surface area contributed by atoms with E-state index in [4.69, 9.17) is 4.74 Å². The van der Waals surface area contributed by atoms with E-state index in [1.165, 1.54) is 0 Å². The average molecular weight is 379 g/mol. The maximum atomic E-state index is 5.11. The Kier molecular flexibility index (Phi) is 7.42. The number of hydrogen-bond donors (Lipinski definition) is 3. The standard InChI is InChI=1S/C18H34N8O/c1-25-9-4-14(5-10-25)20-17-22-16(19-8-13-27-3)23-18(24-17)21-15-6-11-26(2)12-7-15/h14-15H,4-13H2,1-3H3,(H3,19,20,21,22,23,24). The van der Waals surface area contributed by atoms with Crippen LogP contribution in [0, 0.1) is 0 Å². The molecule has 2 aliphatic rings. The molecule has 27 heavy (non-hydrogen) atoms. The highest BCUT2D eigenvalue weighted by atomic mass is 16.5. The lowest BCUT2D eigenvalue weighted by atomic mass is 10.1. The van der Waals surface area contributed by atoms with Crippen LogP contribution in [0.25, 0.3) is 0 Å². The number of aromatic nitrogens is 3. The van der Waals surface area contributed by atoms with E-state index in [-0.39, 0.29) is 0 Å². The maximum absolute atomic E-state index is 5.11. The molecule has 2 aliphatic heterocycles. The molecule has 0 spiro atoms. The van der Waals surface area contributed by atoms with Crippen LogP contribution in [0.3, 0.4) is 0 Å². The summed E-state index contributed by atoms with van der Waals surface area (Å²) in [5, 5.41) is 10.2. The molecule has 0 aromatic carbocycles. The van der Waals surface area contributed by atoms with E-state index in [9.17, 15) is 0 Å². The van der Waals surface area contributed by atoms with Gasteiger partial charge >= 0.3 is 0 Å². The number of ether oxygens (including phenoxy) is 1. The molecular weight excluding hydrogens is 344 g/mol. The average Bonchev–Trinajstić information content (AvgIpc) is 2.66. The second-order valence-electron chi connectivity index (χ2n) is 7.67. The Hall–Kier alpha value is -1.71. The van der Waals surface area contributed by atoms with Gasteiger partial charge in [0.15, 0.2) is 0 Å². The van der Waals surface area contributed by atoms with Crippen LogP contribution < -0.4 is 16.0 Å². The van der Waals surface area contributed by atoms with Crippen molar-refractivity contribution in [2.45, 2.75) is 37.8 Å². The molecule has 152 valence electrons. The van der Waals surface area contributed by atoms with Gasteiger partial charge in [-0.3, -0.25) is 0 Å². The summed E-state index contributed by atoms with van der Waals surface area (Å²) < 4.78 is 5.11. The van der Waals surface area contributed by atoms with E-state index >= 15 is 0 Å². The second kappa shape index (κ2) is 10.0. The molecule has 0 bridgehead atoms. The zero-order valence-corrected chi connectivity index (χ0v) is 16.9. The third-order valence-electron chi connectivity index (χ3n) is 5.33. The normalized spacial score (nSPS) is 20.6. The molecule has 2 saturated heterocycles. The monoisotopic (exact) mass is 378 g/mol. The lowest BCUT2D eigenvalue weighted by Gasteiger charge is -2.30. The molecule has 0 amide bonds. The molecular formula is C18H34N8O. The summed E-state index contributed by atoms with van der Waals surface area (Å²) in [6.07, 6.45) is 4.41. The van der Waals surface area contributed by atoms with Gasteiger partial charge in [-0.1, -0.05) is 0 Å². The Morgan fingerprint density at radius 2 is 1.26 bits per heavy atom. The SMILES string of the molecule is COCCNc1nc(NC2CCN(C)CC2)nc(NC2CCN(C)CC2)n1. The molecule has 0 saturated carbocycles. The van der Waals surface area contributed by atoms with Gasteiger partial charge in [0, 0.05) is 25.7 Å². The molecule has 0 radical (unpaired) electrons. The fourth-order valence-corrected chi connectivity index (χ4v) is 3.52. The van der Waals surface area contributed by atoms with Crippen molar-refractivity contribution in [1.82, 2.24) is 24.8 Å². The Labute approximate surface area is 162 Å². The van der Waals surface area contributed by atoms with E-state index in [2.05, 4.69) is 54.8 Å². The van der Waals surface area contributed by atoms with Crippen LogP contribution in [0.15, 0.2) is 0 Å². The van der Waals surface area contributed by atoms with Crippen molar-refractivity contribution >= 4 is 17.8 Å². The lowest BCUT2D eigenvalue weighted by molar-refractivity contribution is 0.210. The summed E-state index contributed by atoms with van der Waals surface area (Å²) >= 11 is 0. The molecule has 0 atom stereocenters. The molecule has 0 aliphatic carbocycles. The number of methoxy groups -OCH3 is 1. The van der Waals surface area contributed by atoms with E-state index in [0.29, 0.717) is 43.1 Å². The Morgan fingerprint density at radius 3 is 1.70 bits per heavy atom. The summed E-state index contributed by atoms with van der Waals surface area (Å²) in [6, 6.07) is 0.818. The van der Waals surface area contributed by atoms with Crippen LogP contribution >= 0.6 is 0 Å². The molecule has 0 unspecified atom stereocenters. The summed E-state index contributed by atoms with van der Waals surface area (Å²) in [5.41, 5.74) is 0. The molecule has 3 rings (SSSR count). The zero-order chi connectivity index (χ0) is 19.1. The third-order valence-corrected chi connectivity index (χ3v) is 5.33. The molecule has 3 heterocycles.